The lowest BCUT2D eigenvalue weighted by Gasteiger charge is -2.26. The summed E-state index contributed by atoms with van der Waals surface area (Å²) in [5, 5.41) is 0. The van der Waals surface area contributed by atoms with Crippen LogP contribution >= 0.6 is 0 Å². The van der Waals surface area contributed by atoms with E-state index in [-0.39, 0.29) is 0 Å². The molecule has 0 aromatic carbocycles. The van der Waals surface area contributed by atoms with Gasteiger partial charge >= 0.3 is 0 Å². The molecule has 0 bridgehead atoms. The summed E-state index contributed by atoms with van der Waals surface area (Å²) < 4.78 is 0. The fourth-order valence-corrected chi connectivity index (χ4v) is 1.40. The van der Waals surface area contributed by atoms with Crippen LogP contribution in [0.25, 0.3) is 0 Å². The summed E-state index contributed by atoms with van der Waals surface area (Å²) in [6.07, 6.45) is 8.74. The van der Waals surface area contributed by atoms with Crippen molar-refractivity contribution in [2.75, 3.05) is 13.1 Å². The van der Waals surface area contributed by atoms with Gasteiger partial charge in [-0.2, -0.15) is 0 Å². The minimum Gasteiger partial charge on any atom is -0.378 e. The first-order chi connectivity index (χ1) is 5.58. The first kappa shape index (κ1) is 9.63. The molecule has 0 aromatic heterocycles. The maximum atomic E-state index is 2.44. The molecule has 1 fully saturated rings. The molecular weight excluding hydrogens is 146 g/mol. The van der Waals surface area contributed by atoms with Gasteiger partial charge in [-0.05, 0) is 30.9 Å². The number of nitrogens with zero attached hydrogens (tertiary/aromatic N) is 1. The van der Waals surface area contributed by atoms with Crippen LogP contribution in [0.4, 0.5) is 0 Å². The van der Waals surface area contributed by atoms with Gasteiger partial charge in [0, 0.05) is 13.1 Å². The van der Waals surface area contributed by atoms with Crippen molar-refractivity contribution in [2.24, 2.45) is 5.41 Å². The van der Waals surface area contributed by atoms with Crippen LogP contribution < -0.4 is 0 Å². The third kappa shape index (κ3) is 3.80. The quantitative estimate of drug-likeness (QED) is 0.580. The van der Waals surface area contributed by atoms with Crippen LogP contribution in [-0.4, -0.2) is 18.0 Å². The van der Waals surface area contributed by atoms with E-state index in [0.29, 0.717) is 5.41 Å². The average molecular weight is 167 g/mol. The molecule has 1 heteroatoms. The summed E-state index contributed by atoms with van der Waals surface area (Å²) >= 11 is 0. The fourth-order valence-electron chi connectivity index (χ4n) is 1.40. The summed E-state index contributed by atoms with van der Waals surface area (Å²) in [6, 6.07) is 0. The number of hydrogen-bond acceptors (Lipinski definition) is 1. The van der Waals surface area contributed by atoms with Crippen molar-refractivity contribution in [1.29, 1.82) is 0 Å². The lowest BCUT2D eigenvalue weighted by atomic mass is 9.97. The zero-order chi connectivity index (χ0) is 9.03. The molecule has 1 rings (SSSR count). The van der Waals surface area contributed by atoms with Crippen LogP contribution in [0.2, 0.25) is 0 Å². The molecule has 0 amide bonds. The molecule has 12 heavy (non-hydrogen) atoms. The summed E-state index contributed by atoms with van der Waals surface area (Å²) in [6.45, 7) is 9.24. The second kappa shape index (κ2) is 3.97. The minimum absolute atomic E-state index is 0.331. The maximum absolute atomic E-state index is 2.44. The van der Waals surface area contributed by atoms with Crippen molar-refractivity contribution in [2.45, 2.75) is 40.0 Å². The predicted octanol–water partition coefficient (Wildman–Crippen LogP) is 3.03. The summed E-state index contributed by atoms with van der Waals surface area (Å²) in [4.78, 5) is 2.44. The van der Waals surface area contributed by atoms with Crippen LogP contribution in [0.1, 0.15) is 40.0 Å². The van der Waals surface area contributed by atoms with E-state index in [2.05, 4.69) is 37.9 Å². The highest BCUT2D eigenvalue weighted by Crippen LogP contribution is 2.16. The monoisotopic (exact) mass is 167 g/mol. The van der Waals surface area contributed by atoms with Gasteiger partial charge < -0.3 is 4.90 Å². The Morgan fingerprint density at radius 1 is 1.00 bits per heavy atom. The van der Waals surface area contributed by atoms with Gasteiger partial charge in [-0.15, -0.1) is 0 Å². The molecule has 1 heterocycles. The lowest BCUT2D eigenvalue weighted by molar-refractivity contribution is 0.305. The third-order valence-electron chi connectivity index (χ3n) is 2.18. The number of allylic oxidation sites excluding steroid dienone is 1. The topological polar surface area (TPSA) is 3.24 Å². The lowest BCUT2D eigenvalue weighted by Crippen LogP contribution is -2.24. The van der Waals surface area contributed by atoms with Gasteiger partial charge in [0.2, 0.25) is 0 Å². The highest BCUT2D eigenvalue weighted by Gasteiger charge is 2.08. The second-order valence-corrected chi connectivity index (χ2v) is 4.78. The van der Waals surface area contributed by atoms with Crippen molar-refractivity contribution >= 4 is 0 Å². The first-order valence-electron chi connectivity index (χ1n) is 5.01. The van der Waals surface area contributed by atoms with Gasteiger partial charge in [0.05, 0.1) is 0 Å². The van der Waals surface area contributed by atoms with E-state index in [0.717, 1.165) is 0 Å². The summed E-state index contributed by atoms with van der Waals surface area (Å²) in [7, 11) is 0. The SMILES string of the molecule is CC(C)(C)C=CN1CCCCC1. The molecule has 70 valence electrons. The van der Waals surface area contributed by atoms with E-state index in [9.17, 15) is 0 Å². The smallest absolute Gasteiger partial charge is 0.0172 e. The van der Waals surface area contributed by atoms with E-state index in [1.165, 1.54) is 32.4 Å². The average Bonchev–Trinajstić information content (AvgIpc) is 2.02. The summed E-state index contributed by atoms with van der Waals surface area (Å²) in [5.74, 6) is 0. The zero-order valence-electron chi connectivity index (χ0n) is 8.64. The van der Waals surface area contributed by atoms with Crippen molar-refractivity contribution < 1.29 is 0 Å². The molecule has 1 aliphatic rings. The molecule has 0 radical (unpaired) electrons. The standard InChI is InChI=1S/C11H21N/c1-11(2,3)7-10-12-8-5-4-6-9-12/h7,10H,4-6,8-9H2,1-3H3. The molecule has 0 N–H and O–H groups in total. The van der Waals surface area contributed by atoms with Gasteiger partial charge in [-0.3, -0.25) is 0 Å². The largest absolute Gasteiger partial charge is 0.378 e. The number of rotatable bonds is 1. The van der Waals surface area contributed by atoms with Crippen molar-refractivity contribution in [3.8, 4) is 0 Å². The highest BCUT2D eigenvalue weighted by atomic mass is 15.1. The molecular formula is C11H21N. The molecule has 0 spiro atoms. The number of piperidine rings is 1. The summed E-state index contributed by atoms with van der Waals surface area (Å²) in [5.41, 5.74) is 0.331. The predicted molar refractivity (Wildman–Crippen MR) is 54.0 cm³/mol. The van der Waals surface area contributed by atoms with Crippen LogP contribution in [0.3, 0.4) is 0 Å². The second-order valence-electron chi connectivity index (χ2n) is 4.78. The third-order valence-corrected chi connectivity index (χ3v) is 2.18. The number of likely N-dealkylation sites (tertiary alicyclic amines) is 1. The van der Waals surface area contributed by atoms with E-state index >= 15 is 0 Å². The van der Waals surface area contributed by atoms with Crippen LogP contribution in [-0.2, 0) is 0 Å². The van der Waals surface area contributed by atoms with Crippen molar-refractivity contribution in [3.05, 3.63) is 12.3 Å². The van der Waals surface area contributed by atoms with Gasteiger partial charge in [0.15, 0.2) is 0 Å². The molecule has 0 saturated carbocycles. The van der Waals surface area contributed by atoms with Crippen molar-refractivity contribution in [3.63, 3.8) is 0 Å². The van der Waals surface area contributed by atoms with E-state index in [4.69, 9.17) is 0 Å². The Morgan fingerprint density at radius 3 is 2.08 bits per heavy atom. The van der Waals surface area contributed by atoms with Crippen LogP contribution in [0.5, 0.6) is 0 Å². The molecule has 1 saturated heterocycles. The zero-order valence-corrected chi connectivity index (χ0v) is 8.64. The van der Waals surface area contributed by atoms with Crippen LogP contribution in [0, 0.1) is 5.41 Å². The Labute approximate surface area is 76.5 Å². The number of hydrogen-bond donors (Lipinski definition) is 0. The Bertz CT molecular complexity index is 147. The van der Waals surface area contributed by atoms with Gasteiger partial charge in [-0.1, -0.05) is 26.8 Å². The molecule has 0 atom stereocenters. The van der Waals surface area contributed by atoms with Gasteiger partial charge in [-0.25, -0.2) is 0 Å². The highest BCUT2D eigenvalue weighted by molar-refractivity contribution is 4.92. The van der Waals surface area contributed by atoms with E-state index in [1.807, 2.05) is 0 Å². The maximum Gasteiger partial charge on any atom is 0.0172 e. The molecule has 0 unspecified atom stereocenters. The van der Waals surface area contributed by atoms with Crippen molar-refractivity contribution in [1.82, 2.24) is 4.90 Å². The van der Waals surface area contributed by atoms with E-state index in [1.54, 1.807) is 0 Å². The Kier molecular flexibility index (Phi) is 3.19. The normalized spacial score (nSPS) is 20.4. The van der Waals surface area contributed by atoms with Crippen LogP contribution in [0.15, 0.2) is 12.3 Å². The van der Waals surface area contributed by atoms with E-state index < -0.39 is 0 Å². The molecule has 0 aromatic rings. The minimum atomic E-state index is 0.331. The first-order valence-corrected chi connectivity index (χ1v) is 5.01. The fraction of sp³-hybridized carbons (Fsp3) is 0.818. The molecule has 1 nitrogen and oxygen atoms in total. The Morgan fingerprint density at radius 2 is 1.58 bits per heavy atom. The molecule has 1 aliphatic heterocycles. The van der Waals surface area contributed by atoms with Gasteiger partial charge in [0.25, 0.3) is 0 Å². The Balaban J connectivity index is 2.33. The van der Waals surface area contributed by atoms with Gasteiger partial charge in [0.1, 0.15) is 0 Å². The Hall–Kier alpha value is -0.460. The molecule has 0 aliphatic carbocycles.